The van der Waals surface area contributed by atoms with Crippen molar-refractivity contribution in [3.63, 3.8) is 0 Å². The summed E-state index contributed by atoms with van der Waals surface area (Å²) in [5.74, 6) is 0.790. The summed E-state index contributed by atoms with van der Waals surface area (Å²) < 4.78 is 4.92. The first-order valence-corrected chi connectivity index (χ1v) is 9.29. The highest BCUT2D eigenvalue weighted by molar-refractivity contribution is 5.82. The quantitative estimate of drug-likeness (QED) is 0.765. The molecule has 144 valence electrons. The van der Waals surface area contributed by atoms with Gasteiger partial charge in [0, 0.05) is 52.6 Å². The first-order valence-electron chi connectivity index (χ1n) is 9.29. The molecule has 0 aliphatic carbocycles. The Labute approximate surface area is 159 Å². The van der Waals surface area contributed by atoms with Crippen molar-refractivity contribution in [3.8, 4) is 6.07 Å². The fraction of sp³-hybridized carbons (Fsp3) is 0.579. The highest BCUT2D eigenvalue weighted by atomic mass is 16.5. The molecule has 8 heteroatoms. The maximum absolute atomic E-state index is 12.9. The molecular weight excluding hydrogens is 346 g/mol. The third kappa shape index (κ3) is 4.55. The average molecular weight is 371 g/mol. The highest BCUT2D eigenvalue weighted by Gasteiger charge is 2.32. The van der Waals surface area contributed by atoms with Crippen LogP contribution in [0.25, 0.3) is 0 Å². The summed E-state index contributed by atoms with van der Waals surface area (Å²) in [6, 6.07) is 5.67. The standard InChI is InChI=1S/C19H25N5O3/c1-27-14-18(25)24-6-2-3-16(13-24)19(26)23-9-7-22(8-10-23)17-5-4-15(11-20)12-21-17/h4-5,12,16H,2-3,6-10,13-14H2,1H3/t16-/m0/s1. The van der Waals surface area contributed by atoms with Crippen LogP contribution in [0.15, 0.2) is 18.3 Å². The van der Waals surface area contributed by atoms with Gasteiger partial charge < -0.3 is 19.4 Å². The van der Waals surface area contributed by atoms with Crippen LogP contribution in [0.2, 0.25) is 0 Å². The normalized spacial score (nSPS) is 20.3. The van der Waals surface area contributed by atoms with Crippen LogP contribution in [0, 0.1) is 17.2 Å². The van der Waals surface area contributed by atoms with Crippen molar-refractivity contribution in [2.45, 2.75) is 12.8 Å². The van der Waals surface area contributed by atoms with Crippen LogP contribution in [-0.2, 0) is 14.3 Å². The van der Waals surface area contributed by atoms with Crippen LogP contribution < -0.4 is 4.90 Å². The molecule has 0 radical (unpaired) electrons. The molecule has 3 rings (SSSR count). The van der Waals surface area contributed by atoms with Gasteiger partial charge in [-0.1, -0.05) is 0 Å². The molecule has 0 saturated carbocycles. The second kappa shape index (κ2) is 8.82. The van der Waals surface area contributed by atoms with Crippen molar-refractivity contribution in [1.82, 2.24) is 14.8 Å². The Balaban J connectivity index is 1.53. The van der Waals surface area contributed by atoms with E-state index in [-0.39, 0.29) is 24.3 Å². The van der Waals surface area contributed by atoms with Crippen LogP contribution in [0.5, 0.6) is 0 Å². The van der Waals surface area contributed by atoms with Gasteiger partial charge in [-0.15, -0.1) is 0 Å². The highest BCUT2D eigenvalue weighted by Crippen LogP contribution is 2.21. The van der Waals surface area contributed by atoms with Gasteiger partial charge in [-0.3, -0.25) is 9.59 Å². The lowest BCUT2D eigenvalue weighted by Gasteiger charge is -2.39. The topological polar surface area (TPSA) is 89.8 Å². The summed E-state index contributed by atoms with van der Waals surface area (Å²) in [6.45, 7) is 3.96. The van der Waals surface area contributed by atoms with Crippen LogP contribution >= 0.6 is 0 Å². The van der Waals surface area contributed by atoms with Gasteiger partial charge in [-0.05, 0) is 25.0 Å². The Morgan fingerprint density at radius 2 is 2.00 bits per heavy atom. The molecule has 1 aromatic rings. The molecule has 0 unspecified atom stereocenters. The monoisotopic (exact) mass is 371 g/mol. The minimum Gasteiger partial charge on any atom is -0.375 e. The minimum absolute atomic E-state index is 0.0493. The molecule has 2 amide bonds. The van der Waals surface area contributed by atoms with Crippen molar-refractivity contribution in [1.29, 1.82) is 5.26 Å². The number of hydrogen-bond acceptors (Lipinski definition) is 6. The van der Waals surface area contributed by atoms with Crippen LogP contribution in [0.4, 0.5) is 5.82 Å². The van der Waals surface area contributed by atoms with Crippen molar-refractivity contribution < 1.29 is 14.3 Å². The molecule has 3 heterocycles. The van der Waals surface area contributed by atoms with Crippen LogP contribution in [0.1, 0.15) is 18.4 Å². The fourth-order valence-electron chi connectivity index (χ4n) is 3.67. The average Bonchev–Trinajstić information content (AvgIpc) is 2.73. The molecule has 0 aromatic carbocycles. The number of likely N-dealkylation sites (tertiary alicyclic amines) is 1. The fourth-order valence-corrected chi connectivity index (χ4v) is 3.67. The zero-order valence-corrected chi connectivity index (χ0v) is 15.6. The SMILES string of the molecule is COCC(=O)N1CCC[C@H](C(=O)N2CCN(c3ccc(C#N)cn3)CC2)C1. The van der Waals surface area contributed by atoms with Gasteiger partial charge in [0.25, 0.3) is 0 Å². The van der Waals surface area contributed by atoms with Crippen molar-refractivity contribution >= 4 is 17.6 Å². The van der Waals surface area contributed by atoms with E-state index in [0.29, 0.717) is 44.8 Å². The smallest absolute Gasteiger partial charge is 0.248 e. The molecule has 0 spiro atoms. The maximum atomic E-state index is 12.9. The van der Waals surface area contributed by atoms with Crippen molar-refractivity contribution in [2.75, 3.05) is 57.9 Å². The Bertz CT molecular complexity index is 707. The molecular formula is C19H25N5O3. The summed E-state index contributed by atoms with van der Waals surface area (Å²) in [5.41, 5.74) is 0.539. The predicted molar refractivity (Wildman–Crippen MR) is 98.9 cm³/mol. The maximum Gasteiger partial charge on any atom is 0.248 e. The molecule has 27 heavy (non-hydrogen) atoms. The van der Waals surface area contributed by atoms with Crippen LogP contribution in [0.3, 0.4) is 0 Å². The number of piperazine rings is 1. The summed E-state index contributed by atoms with van der Waals surface area (Å²) in [5, 5.41) is 8.86. The number of rotatable bonds is 4. The third-order valence-corrected chi connectivity index (χ3v) is 5.18. The predicted octanol–water partition coefficient (Wildman–Crippen LogP) is 0.487. The Morgan fingerprint density at radius 1 is 1.22 bits per heavy atom. The molecule has 2 aliphatic heterocycles. The number of anilines is 1. The lowest BCUT2D eigenvalue weighted by atomic mass is 9.96. The van der Waals surface area contributed by atoms with E-state index in [1.165, 1.54) is 7.11 Å². The van der Waals surface area contributed by atoms with Gasteiger partial charge in [-0.25, -0.2) is 4.98 Å². The zero-order chi connectivity index (χ0) is 19.2. The van der Waals surface area contributed by atoms with E-state index in [1.54, 1.807) is 17.2 Å². The lowest BCUT2D eigenvalue weighted by Crippen LogP contribution is -2.53. The summed E-state index contributed by atoms with van der Waals surface area (Å²) in [6.07, 6.45) is 3.24. The van der Waals surface area contributed by atoms with Gasteiger partial charge in [0.15, 0.2) is 0 Å². The van der Waals surface area contributed by atoms with E-state index < -0.39 is 0 Å². The number of pyridine rings is 1. The van der Waals surface area contributed by atoms with E-state index in [2.05, 4.69) is 16.0 Å². The summed E-state index contributed by atoms with van der Waals surface area (Å²) in [7, 11) is 1.51. The van der Waals surface area contributed by atoms with Crippen molar-refractivity contribution in [3.05, 3.63) is 23.9 Å². The van der Waals surface area contributed by atoms with E-state index in [1.807, 2.05) is 11.0 Å². The third-order valence-electron chi connectivity index (χ3n) is 5.18. The Kier molecular flexibility index (Phi) is 6.24. The lowest BCUT2D eigenvalue weighted by molar-refractivity contribution is -0.142. The number of carbonyl (C=O) groups excluding carboxylic acids is 2. The van der Waals surface area contributed by atoms with E-state index in [9.17, 15) is 9.59 Å². The van der Waals surface area contributed by atoms with E-state index in [4.69, 9.17) is 10.00 Å². The molecule has 1 atom stereocenters. The number of hydrogen-bond donors (Lipinski definition) is 0. The number of amides is 2. The van der Waals surface area contributed by atoms with Crippen molar-refractivity contribution in [2.24, 2.45) is 5.92 Å². The number of nitriles is 1. The number of ether oxygens (including phenoxy) is 1. The number of nitrogens with zero attached hydrogens (tertiary/aromatic N) is 5. The molecule has 0 bridgehead atoms. The number of methoxy groups -OCH3 is 1. The summed E-state index contributed by atoms with van der Waals surface area (Å²) in [4.78, 5) is 35.0. The second-order valence-corrected chi connectivity index (χ2v) is 6.94. The van der Waals surface area contributed by atoms with Gasteiger partial charge in [0.1, 0.15) is 18.5 Å². The van der Waals surface area contributed by atoms with Gasteiger partial charge >= 0.3 is 0 Å². The largest absolute Gasteiger partial charge is 0.375 e. The Morgan fingerprint density at radius 3 is 2.63 bits per heavy atom. The zero-order valence-electron chi connectivity index (χ0n) is 15.6. The molecule has 2 fully saturated rings. The molecule has 2 aliphatic rings. The first kappa shape index (κ1) is 19.1. The second-order valence-electron chi connectivity index (χ2n) is 6.94. The Hall–Kier alpha value is -2.66. The van der Waals surface area contributed by atoms with Crippen LogP contribution in [-0.4, -0.2) is 79.6 Å². The minimum atomic E-state index is -0.126. The van der Waals surface area contributed by atoms with Gasteiger partial charge in [0.2, 0.25) is 11.8 Å². The van der Waals surface area contributed by atoms with Gasteiger partial charge in [0.05, 0.1) is 11.5 Å². The number of piperidine rings is 1. The molecule has 2 saturated heterocycles. The van der Waals surface area contributed by atoms with E-state index in [0.717, 1.165) is 18.7 Å². The number of aromatic nitrogens is 1. The number of carbonyl (C=O) groups is 2. The van der Waals surface area contributed by atoms with Gasteiger partial charge in [-0.2, -0.15) is 5.26 Å². The first-order chi connectivity index (χ1) is 13.1. The molecule has 8 nitrogen and oxygen atoms in total. The molecule has 0 N–H and O–H groups in total. The summed E-state index contributed by atoms with van der Waals surface area (Å²) >= 11 is 0. The molecule has 1 aromatic heterocycles. The van der Waals surface area contributed by atoms with E-state index >= 15 is 0 Å².